The number of hydrogen-bond acceptors (Lipinski definition) is 4. The van der Waals surface area contributed by atoms with E-state index in [4.69, 9.17) is 34.8 Å². The van der Waals surface area contributed by atoms with Crippen molar-refractivity contribution in [2.24, 2.45) is 0 Å². The van der Waals surface area contributed by atoms with Crippen LogP contribution in [0.25, 0.3) is 0 Å². The summed E-state index contributed by atoms with van der Waals surface area (Å²) in [5, 5.41) is 3.85. The lowest BCUT2D eigenvalue weighted by Crippen LogP contribution is -2.54. The molecule has 0 heterocycles. The largest absolute Gasteiger partial charge is 0.350 e. The monoisotopic (exact) mass is 561 g/mol. The highest BCUT2D eigenvalue weighted by Crippen LogP contribution is 2.27. The standard InChI is InChI=1S/C24H30Cl3N3O4S/c1-15-7-9-18(25)12-21(15)30(35(6,33)34)14-22(31)29(16(2)23(32)28-24(3,4)5)13-17-8-10-19(26)20(27)11-17/h7-12,16H,13-14H2,1-6H3,(H,28,32)/t16-/m1/s1. The van der Waals surface area contributed by atoms with E-state index in [2.05, 4.69) is 5.32 Å². The molecule has 0 saturated carbocycles. The number of sulfonamides is 1. The van der Waals surface area contributed by atoms with E-state index in [9.17, 15) is 18.0 Å². The highest BCUT2D eigenvalue weighted by Gasteiger charge is 2.32. The third-order valence-electron chi connectivity index (χ3n) is 5.12. The molecule has 35 heavy (non-hydrogen) atoms. The van der Waals surface area contributed by atoms with Gasteiger partial charge in [0.25, 0.3) is 0 Å². The van der Waals surface area contributed by atoms with Crippen molar-refractivity contribution in [1.29, 1.82) is 0 Å². The Morgan fingerprint density at radius 2 is 1.66 bits per heavy atom. The van der Waals surface area contributed by atoms with E-state index >= 15 is 0 Å². The average Bonchev–Trinajstić information content (AvgIpc) is 2.72. The molecular weight excluding hydrogens is 533 g/mol. The molecule has 0 aromatic heterocycles. The molecule has 0 aliphatic heterocycles. The lowest BCUT2D eigenvalue weighted by molar-refractivity contribution is -0.140. The number of hydrogen-bond donors (Lipinski definition) is 1. The van der Waals surface area contributed by atoms with Crippen molar-refractivity contribution in [2.75, 3.05) is 17.1 Å². The van der Waals surface area contributed by atoms with Gasteiger partial charge < -0.3 is 10.2 Å². The molecule has 1 N–H and O–H groups in total. The van der Waals surface area contributed by atoms with Gasteiger partial charge in [-0.15, -0.1) is 0 Å². The van der Waals surface area contributed by atoms with Crippen molar-refractivity contribution in [1.82, 2.24) is 10.2 Å². The number of rotatable bonds is 8. The van der Waals surface area contributed by atoms with E-state index < -0.39 is 34.1 Å². The number of anilines is 1. The maximum atomic E-state index is 13.6. The molecule has 0 aliphatic carbocycles. The Kier molecular flexibility index (Phi) is 9.50. The summed E-state index contributed by atoms with van der Waals surface area (Å²) < 4.78 is 26.4. The first-order chi connectivity index (χ1) is 16.0. The lowest BCUT2D eigenvalue weighted by atomic mass is 10.1. The summed E-state index contributed by atoms with van der Waals surface area (Å²) >= 11 is 18.3. The number of nitrogens with one attached hydrogen (secondary N) is 1. The number of benzene rings is 2. The molecule has 192 valence electrons. The van der Waals surface area contributed by atoms with E-state index in [1.54, 1.807) is 44.2 Å². The molecule has 7 nitrogen and oxygen atoms in total. The minimum atomic E-state index is -3.86. The number of amides is 2. The third kappa shape index (κ3) is 8.27. The smallest absolute Gasteiger partial charge is 0.244 e. The van der Waals surface area contributed by atoms with Crippen LogP contribution in [0.5, 0.6) is 0 Å². The fourth-order valence-corrected chi connectivity index (χ4v) is 4.72. The summed E-state index contributed by atoms with van der Waals surface area (Å²) in [6.45, 7) is 8.30. The van der Waals surface area contributed by atoms with Crippen molar-refractivity contribution in [2.45, 2.75) is 52.7 Å². The Bertz CT molecular complexity index is 1210. The van der Waals surface area contributed by atoms with Gasteiger partial charge in [-0.1, -0.05) is 46.9 Å². The Labute approximate surface area is 222 Å². The molecule has 2 aromatic rings. The van der Waals surface area contributed by atoms with Gasteiger partial charge in [0.2, 0.25) is 21.8 Å². The Hall–Kier alpha value is -2.00. The first-order valence-electron chi connectivity index (χ1n) is 10.8. The first-order valence-corrected chi connectivity index (χ1v) is 13.8. The molecule has 2 amide bonds. The molecule has 0 saturated heterocycles. The number of carbonyl (C=O) groups is 2. The number of nitrogens with zero attached hydrogens (tertiary/aromatic N) is 2. The van der Waals surface area contributed by atoms with Crippen LogP contribution in [-0.4, -0.2) is 49.5 Å². The zero-order chi connectivity index (χ0) is 26.7. The molecule has 2 aromatic carbocycles. The average molecular weight is 563 g/mol. The molecule has 0 unspecified atom stereocenters. The van der Waals surface area contributed by atoms with E-state index in [-0.39, 0.29) is 18.1 Å². The van der Waals surface area contributed by atoms with E-state index in [0.717, 1.165) is 10.6 Å². The van der Waals surface area contributed by atoms with Crippen molar-refractivity contribution >= 4 is 62.3 Å². The fourth-order valence-electron chi connectivity index (χ4n) is 3.34. The van der Waals surface area contributed by atoms with Crippen molar-refractivity contribution < 1.29 is 18.0 Å². The predicted molar refractivity (Wildman–Crippen MR) is 143 cm³/mol. The second kappa shape index (κ2) is 11.4. The van der Waals surface area contributed by atoms with Gasteiger partial charge in [-0.25, -0.2) is 8.42 Å². The van der Waals surface area contributed by atoms with Gasteiger partial charge in [0, 0.05) is 17.1 Å². The maximum absolute atomic E-state index is 13.6. The van der Waals surface area contributed by atoms with Gasteiger partial charge >= 0.3 is 0 Å². The quantitative estimate of drug-likeness (QED) is 0.488. The van der Waals surface area contributed by atoms with Crippen LogP contribution in [0.2, 0.25) is 15.1 Å². The first kappa shape index (κ1) is 29.2. The molecule has 0 bridgehead atoms. The highest BCUT2D eigenvalue weighted by molar-refractivity contribution is 7.92. The molecule has 0 fully saturated rings. The second-order valence-corrected chi connectivity index (χ2v) is 12.5. The molecule has 0 aliphatic rings. The van der Waals surface area contributed by atoms with Gasteiger partial charge in [-0.3, -0.25) is 13.9 Å². The van der Waals surface area contributed by atoms with Crippen LogP contribution in [0.4, 0.5) is 5.69 Å². The van der Waals surface area contributed by atoms with E-state index in [0.29, 0.717) is 26.2 Å². The summed E-state index contributed by atoms with van der Waals surface area (Å²) in [5.41, 5.74) is 1.02. The van der Waals surface area contributed by atoms with Crippen LogP contribution >= 0.6 is 34.8 Å². The van der Waals surface area contributed by atoms with E-state index in [1.807, 2.05) is 20.8 Å². The second-order valence-electron chi connectivity index (χ2n) is 9.39. The summed E-state index contributed by atoms with van der Waals surface area (Å²) in [6, 6.07) is 8.79. The Morgan fingerprint density at radius 1 is 1.03 bits per heavy atom. The zero-order valence-electron chi connectivity index (χ0n) is 20.5. The van der Waals surface area contributed by atoms with Gasteiger partial charge in [0.1, 0.15) is 12.6 Å². The predicted octanol–water partition coefficient (Wildman–Crippen LogP) is 5.05. The molecule has 2 rings (SSSR count). The number of carbonyl (C=O) groups excluding carboxylic acids is 2. The van der Waals surface area contributed by atoms with Crippen LogP contribution in [0.3, 0.4) is 0 Å². The third-order valence-corrected chi connectivity index (χ3v) is 7.22. The van der Waals surface area contributed by atoms with Crippen molar-refractivity contribution in [3.8, 4) is 0 Å². The van der Waals surface area contributed by atoms with Crippen LogP contribution in [0, 0.1) is 6.92 Å². The molecule has 11 heteroatoms. The van der Waals surface area contributed by atoms with Crippen LogP contribution in [0.15, 0.2) is 36.4 Å². The Balaban J connectivity index is 2.47. The number of aryl methyl sites for hydroxylation is 1. The van der Waals surface area contributed by atoms with Crippen molar-refractivity contribution in [3.63, 3.8) is 0 Å². The van der Waals surface area contributed by atoms with Crippen LogP contribution in [-0.2, 0) is 26.2 Å². The normalized spacial score (nSPS) is 12.7. The fraction of sp³-hybridized carbons (Fsp3) is 0.417. The molecule has 1 atom stereocenters. The van der Waals surface area contributed by atoms with Gasteiger partial charge in [-0.2, -0.15) is 0 Å². The molecule has 0 spiro atoms. The van der Waals surface area contributed by atoms with E-state index in [1.165, 1.54) is 11.0 Å². The topological polar surface area (TPSA) is 86.8 Å². The summed E-state index contributed by atoms with van der Waals surface area (Å²) in [5.74, 6) is -0.951. The van der Waals surface area contributed by atoms with Gasteiger partial charge in [0.15, 0.2) is 0 Å². The summed E-state index contributed by atoms with van der Waals surface area (Å²) in [4.78, 5) is 27.9. The van der Waals surface area contributed by atoms with Crippen LogP contribution in [0.1, 0.15) is 38.8 Å². The van der Waals surface area contributed by atoms with Crippen molar-refractivity contribution in [3.05, 3.63) is 62.6 Å². The van der Waals surface area contributed by atoms with Gasteiger partial charge in [0.05, 0.1) is 22.0 Å². The molecule has 0 radical (unpaired) electrons. The number of halogens is 3. The summed E-state index contributed by atoms with van der Waals surface area (Å²) in [7, 11) is -3.86. The minimum absolute atomic E-state index is 0.0145. The lowest BCUT2D eigenvalue weighted by Gasteiger charge is -2.33. The zero-order valence-corrected chi connectivity index (χ0v) is 23.6. The Morgan fingerprint density at radius 3 is 2.20 bits per heavy atom. The highest BCUT2D eigenvalue weighted by atomic mass is 35.5. The maximum Gasteiger partial charge on any atom is 0.244 e. The minimum Gasteiger partial charge on any atom is -0.350 e. The van der Waals surface area contributed by atoms with Crippen LogP contribution < -0.4 is 9.62 Å². The SMILES string of the molecule is Cc1ccc(Cl)cc1N(CC(=O)N(Cc1ccc(Cl)c(Cl)c1)[C@H](C)C(=O)NC(C)(C)C)S(C)(=O)=O. The molecular formula is C24H30Cl3N3O4S. The summed E-state index contributed by atoms with van der Waals surface area (Å²) in [6.07, 6.45) is 1.01. The van der Waals surface area contributed by atoms with Gasteiger partial charge in [-0.05, 0) is 70.0 Å².